The highest BCUT2D eigenvalue weighted by atomic mass is 16.3. The van der Waals surface area contributed by atoms with E-state index < -0.39 is 6.10 Å². The Morgan fingerprint density at radius 2 is 1.93 bits per heavy atom. The van der Waals surface area contributed by atoms with Gasteiger partial charge in [-0.15, -0.1) is 5.10 Å². The van der Waals surface area contributed by atoms with Crippen LogP contribution < -0.4 is 4.90 Å². The molecule has 0 bridgehead atoms. The summed E-state index contributed by atoms with van der Waals surface area (Å²) in [5.41, 5.74) is 1.70. The zero-order chi connectivity index (χ0) is 10.7. The molecule has 1 unspecified atom stereocenters. The third kappa shape index (κ3) is 2.63. The van der Waals surface area contributed by atoms with Gasteiger partial charge < -0.3 is 10.0 Å². The molecule has 1 heterocycles. The maximum absolute atomic E-state index is 9.19. The molecule has 0 amide bonds. The second-order valence-corrected chi connectivity index (χ2v) is 3.51. The van der Waals surface area contributed by atoms with Gasteiger partial charge in [0.2, 0.25) is 5.95 Å². The van der Waals surface area contributed by atoms with E-state index >= 15 is 0 Å². The summed E-state index contributed by atoms with van der Waals surface area (Å²) in [5.74, 6) is 0.550. The number of hydrogen-bond acceptors (Lipinski definition) is 5. The van der Waals surface area contributed by atoms with Gasteiger partial charge in [-0.1, -0.05) is 0 Å². The minimum atomic E-state index is -0.398. The van der Waals surface area contributed by atoms with Gasteiger partial charge in [0.1, 0.15) is 0 Å². The second kappa shape index (κ2) is 4.32. The predicted molar refractivity (Wildman–Crippen MR) is 54.3 cm³/mol. The molecule has 5 heteroatoms. The number of aryl methyl sites for hydroxylation is 2. The first-order valence-electron chi connectivity index (χ1n) is 4.58. The molecule has 1 rings (SSSR count). The van der Waals surface area contributed by atoms with Crippen molar-refractivity contribution in [3.63, 3.8) is 0 Å². The topological polar surface area (TPSA) is 62.1 Å². The second-order valence-electron chi connectivity index (χ2n) is 3.51. The Balaban J connectivity index is 2.80. The number of aliphatic hydroxyl groups is 1. The zero-order valence-corrected chi connectivity index (χ0v) is 9.02. The maximum Gasteiger partial charge on any atom is 0.245 e. The minimum absolute atomic E-state index is 0.398. The van der Waals surface area contributed by atoms with Gasteiger partial charge in [0, 0.05) is 13.6 Å². The highest BCUT2D eigenvalue weighted by Crippen LogP contribution is 2.06. The van der Waals surface area contributed by atoms with Crippen LogP contribution in [0.4, 0.5) is 5.95 Å². The fraction of sp³-hybridized carbons (Fsp3) is 0.667. The van der Waals surface area contributed by atoms with E-state index in [1.807, 2.05) is 20.9 Å². The standard InChI is InChI=1S/C9H16N4O/c1-6(14)5-13(4)9-10-7(2)8(3)11-12-9/h6,14H,5H2,1-4H3. The van der Waals surface area contributed by atoms with Crippen LogP contribution in [0.25, 0.3) is 0 Å². The number of hydrogen-bond donors (Lipinski definition) is 1. The van der Waals surface area contributed by atoms with Crippen molar-refractivity contribution in [2.45, 2.75) is 26.9 Å². The molecule has 0 spiro atoms. The van der Waals surface area contributed by atoms with Crippen molar-refractivity contribution in [2.24, 2.45) is 0 Å². The van der Waals surface area contributed by atoms with Crippen LogP contribution in [-0.2, 0) is 0 Å². The van der Waals surface area contributed by atoms with Crippen molar-refractivity contribution < 1.29 is 5.11 Å². The Morgan fingerprint density at radius 3 is 2.43 bits per heavy atom. The summed E-state index contributed by atoms with van der Waals surface area (Å²) in [6, 6.07) is 0. The fourth-order valence-corrected chi connectivity index (χ4v) is 1.09. The number of aromatic nitrogens is 3. The third-order valence-corrected chi connectivity index (χ3v) is 1.96. The molecule has 0 saturated heterocycles. The highest BCUT2D eigenvalue weighted by Gasteiger charge is 2.08. The zero-order valence-electron chi connectivity index (χ0n) is 9.02. The average molecular weight is 196 g/mol. The Kier molecular flexibility index (Phi) is 3.35. The summed E-state index contributed by atoms with van der Waals surface area (Å²) in [6.45, 7) is 5.99. The molecule has 1 N–H and O–H groups in total. The largest absolute Gasteiger partial charge is 0.392 e. The van der Waals surface area contributed by atoms with Crippen molar-refractivity contribution in [2.75, 3.05) is 18.5 Å². The van der Waals surface area contributed by atoms with Gasteiger partial charge in [-0.05, 0) is 20.8 Å². The van der Waals surface area contributed by atoms with Gasteiger partial charge in [-0.3, -0.25) is 0 Å². The van der Waals surface area contributed by atoms with E-state index in [9.17, 15) is 5.11 Å². The van der Waals surface area contributed by atoms with Gasteiger partial charge in [-0.25, -0.2) is 4.98 Å². The average Bonchev–Trinajstić information content (AvgIpc) is 2.08. The SMILES string of the molecule is Cc1nnc(N(C)CC(C)O)nc1C. The summed E-state index contributed by atoms with van der Waals surface area (Å²) in [6.07, 6.45) is -0.398. The number of anilines is 1. The molecule has 0 aromatic carbocycles. The lowest BCUT2D eigenvalue weighted by atomic mass is 10.3. The molecule has 0 aliphatic carbocycles. The Hall–Kier alpha value is -1.23. The first-order valence-corrected chi connectivity index (χ1v) is 4.58. The van der Waals surface area contributed by atoms with Crippen LogP contribution >= 0.6 is 0 Å². The van der Waals surface area contributed by atoms with E-state index in [-0.39, 0.29) is 0 Å². The van der Waals surface area contributed by atoms with Crippen LogP contribution in [0.3, 0.4) is 0 Å². The van der Waals surface area contributed by atoms with Crippen LogP contribution in [0.1, 0.15) is 18.3 Å². The molecule has 0 saturated carbocycles. The molecule has 14 heavy (non-hydrogen) atoms. The van der Waals surface area contributed by atoms with Crippen LogP contribution in [0.2, 0.25) is 0 Å². The molecular weight excluding hydrogens is 180 g/mol. The van der Waals surface area contributed by atoms with Crippen molar-refractivity contribution in [1.29, 1.82) is 0 Å². The summed E-state index contributed by atoms with van der Waals surface area (Å²) < 4.78 is 0. The molecule has 1 aromatic heterocycles. The van der Waals surface area contributed by atoms with Crippen LogP contribution in [0, 0.1) is 13.8 Å². The molecule has 1 aromatic rings. The van der Waals surface area contributed by atoms with Gasteiger partial charge in [0.15, 0.2) is 0 Å². The van der Waals surface area contributed by atoms with Crippen molar-refractivity contribution in [1.82, 2.24) is 15.2 Å². The van der Waals surface area contributed by atoms with Gasteiger partial charge >= 0.3 is 0 Å². The van der Waals surface area contributed by atoms with Gasteiger partial charge in [0.25, 0.3) is 0 Å². The number of nitrogens with zero attached hydrogens (tertiary/aromatic N) is 4. The van der Waals surface area contributed by atoms with Crippen LogP contribution in [0.15, 0.2) is 0 Å². The normalized spacial score (nSPS) is 12.6. The molecule has 0 aliphatic rings. The molecule has 1 atom stereocenters. The summed E-state index contributed by atoms with van der Waals surface area (Å²) in [7, 11) is 1.83. The fourth-order valence-electron chi connectivity index (χ4n) is 1.09. The number of likely N-dealkylation sites (N-methyl/N-ethyl adjacent to an activating group) is 1. The van der Waals surface area contributed by atoms with Crippen molar-refractivity contribution in [3.05, 3.63) is 11.4 Å². The molecular formula is C9H16N4O. The van der Waals surface area contributed by atoms with Gasteiger partial charge in [-0.2, -0.15) is 5.10 Å². The lowest BCUT2D eigenvalue weighted by molar-refractivity contribution is 0.201. The number of aliphatic hydroxyl groups excluding tert-OH is 1. The Bertz CT molecular complexity index is 314. The van der Waals surface area contributed by atoms with E-state index in [4.69, 9.17) is 0 Å². The summed E-state index contributed by atoms with van der Waals surface area (Å²) >= 11 is 0. The van der Waals surface area contributed by atoms with E-state index in [0.29, 0.717) is 12.5 Å². The van der Waals surface area contributed by atoms with E-state index in [1.165, 1.54) is 0 Å². The monoisotopic (exact) mass is 196 g/mol. The Labute approximate surface area is 83.8 Å². The van der Waals surface area contributed by atoms with E-state index in [1.54, 1.807) is 11.8 Å². The summed E-state index contributed by atoms with van der Waals surface area (Å²) in [4.78, 5) is 6.05. The van der Waals surface area contributed by atoms with Crippen LogP contribution in [0.5, 0.6) is 0 Å². The van der Waals surface area contributed by atoms with Crippen LogP contribution in [-0.4, -0.2) is 40.0 Å². The van der Waals surface area contributed by atoms with E-state index in [2.05, 4.69) is 15.2 Å². The highest BCUT2D eigenvalue weighted by molar-refractivity contribution is 5.28. The molecule has 0 fully saturated rings. The first-order chi connectivity index (χ1) is 6.50. The lowest BCUT2D eigenvalue weighted by Crippen LogP contribution is -2.29. The summed E-state index contributed by atoms with van der Waals surface area (Å²) in [5, 5.41) is 17.1. The van der Waals surface area contributed by atoms with Crippen molar-refractivity contribution >= 4 is 5.95 Å². The van der Waals surface area contributed by atoms with Crippen molar-refractivity contribution in [3.8, 4) is 0 Å². The third-order valence-electron chi connectivity index (χ3n) is 1.96. The number of rotatable bonds is 3. The lowest BCUT2D eigenvalue weighted by Gasteiger charge is -2.18. The molecule has 0 aliphatic heterocycles. The molecule has 5 nitrogen and oxygen atoms in total. The Morgan fingerprint density at radius 1 is 1.29 bits per heavy atom. The van der Waals surface area contributed by atoms with E-state index in [0.717, 1.165) is 11.4 Å². The van der Waals surface area contributed by atoms with Gasteiger partial charge in [0.05, 0.1) is 17.5 Å². The smallest absolute Gasteiger partial charge is 0.245 e. The molecule has 78 valence electrons. The maximum atomic E-state index is 9.19. The first kappa shape index (κ1) is 10.8. The molecule has 0 radical (unpaired) electrons. The quantitative estimate of drug-likeness (QED) is 0.753. The minimum Gasteiger partial charge on any atom is -0.392 e. The predicted octanol–water partition coefficient (Wildman–Crippen LogP) is 0.305.